The lowest BCUT2D eigenvalue weighted by Gasteiger charge is -2.27. The summed E-state index contributed by atoms with van der Waals surface area (Å²) in [5.41, 5.74) is 4.74. The van der Waals surface area contributed by atoms with Crippen LogP contribution in [0.4, 0.5) is 17.1 Å². The van der Waals surface area contributed by atoms with E-state index in [9.17, 15) is 0 Å². The second-order valence-corrected chi connectivity index (χ2v) is 9.20. The summed E-state index contributed by atoms with van der Waals surface area (Å²) in [6.45, 7) is 0. The minimum absolute atomic E-state index is 0.637. The Kier molecular flexibility index (Phi) is 4.54. The lowest BCUT2D eigenvalue weighted by atomic mass is 10.0. The summed E-state index contributed by atoms with van der Waals surface area (Å²) in [7, 11) is 0. The van der Waals surface area contributed by atoms with Crippen LogP contribution in [0, 0.1) is 0 Å². The van der Waals surface area contributed by atoms with Crippen molar-refractivity contribution in [3.05, 3.63) is 126 Å². The first-order chi connectivity index (χ1) is 17.3. The van der Waals surface area contributed by atoms with Gasteiger partial charge in [0.1, 0.15) is 11.2 Å². The van der Waals surface area contributed by atoms with Gasteiger partial charge in [-0.15, -0.1) is 0 Å². The molecule has 7 rings (SSSR count). The molecule has 0 radical (unpaired) electrons. The van der Waals surface area contributed by atoms with Crippen LogP contribution in [-0.2, 0) is 0 Å². The van der Waals surface area contributed by atoms with Gasteiger partial charge in [-0.25, -0.2) is 0 Å². The van der Waals surface area contributed by atoms with Gasteiger partial charge in [-0.1, -0.05) is 90.5 Å². The Morgan fingerprint density at radius 3 is 2.09 bits per heavy atom. The predicted molar refractivity (Wildman–Crippen MR) is 148 cm³/mol. The minimum atomic E-state index is 0.637. The zero-order valence-electron chi connectivity index (χ0n) is 18.8. The average molecular weight is 470 g/mol. The number of hydrogen-bond donors (Lipinski definition) is 0. The van der Waals surface area contributed by atoms with Gasteiger partial charge in [-0.3, -0.25) is 0 Å². The molecule has 0 N–H and O–H groups in total. The first-order valence-corrected chi connectivity index (χ1v) is 12.0. The fraction of sp³-hybridized carbons (Fsp3) is 0. The number of nitrogens with zero attached hydrogens (tertiary/aromatic N) is 1. The Hall–Kier alpha value is -4.27. The normalized spacial score (nSPS) is 11.6. The van der Waals surface area contributed by atoms with Gasteiger partial charge in [0.15, 0.2) is 0 Å². The molecule has 3 heteroatoms. The minimum Gasteiger partial charge on any atom is -0.456 e. The molecule has 1 aromatic heterocycles. The summed E-state index contributed by atoms with van der Waals surface area (Å²) in [6, 6.07) is 42.0. The van der Waals surface area contributed by atoms with Gasteiger partial charge in [-0.05, 0) is 57.9 Å². The van der Waals surface area contributed by atoms with Crippen LogP contribution in [0.1, 0.15) is 0 Å². The molecule has 35 heavy (non-hydrogen) atoms. The van der Waals surface area contributed by atoms with Crippen molar-refractivity contribution < 1.29 is 4.42 Å². The number of anilines is 3. The molecule has 0 amide bonds. The lowest BCUT2D eigenvalue weighted by Crippen LogP contribution is -2.10. The summed E-state index contributed by atoms with van der Waals surface area (Å²) in [5.74, 6) is 0. The summed E-state index contributed by atoms with van der Waals surface area (Å²) in [4.78, 5) is 2.28. The highest BCUT2D eigenvalue weighted by atomic mass is 35.5. The molecule has 0 saturated heterocycles. The van der Waals surface area contributed by atoms with Crippen LogP contribution in [0.2, 0.25) is 5.02 Å². The topological polar surface area (TPSA) is 16.4 Å². The van der Waals surface area contributed by atoms with Crippen LogP contribution < -0.4 is 4.90 Å². The average Bonchev–Trinajstić information content (AvgIpc) is 3.28. The van der Waals surface area contributed by atoms with Gasteiger partial charge in [0, 0.05) is 27.8 Å². The molecule has 0 spiro atoms. The smallest absolute Gasteiger partial charge is 0.139 e. The molecule has 0 atom stereocenters. The Labute approximate surface area is 207 Å². The second kappa shape index (κ2) is 7.90. The number of halogens is 1. The monoisotopic (exact) mass is 469 g/mol. The van der Waals surface area contributed by atoms with Gasteiger partial charge in [0.2, 0.25) is 0 Å². The third-order valence-electron chi connectivity index (χ3n) is 6.65. The van der Waals surface area contributed by atoms with Crippen LogP contribution >= 0.6 is 11.6 Å². The molecule has 166 valence electrons. The lowest BCUT2D eigenvalue weighted by molar-refractivity contribution is 0.669. The molecular weight excluding hydrogens is 450 g/mol. The Bertz CT molecular complexity index is 1870. The van der Waals surface area contributed by atoms with Gasteiger partial charge < -0.3 is 9.32 Å². The fourth-order valence-electron chi connectivity index (χ4n) is 5.11. The van der Waals surface area contributed by atoms with E-state index >= 15 is 0 Å². The SMILES string of the molecule is Clc1cc(N(c2ccccc2)c2ccc3ccccc3c2)c2c(c1)oc1ccc3ccccc3c12. The molecular formula is C32H20ClNO. The highest BCUT2D eigenvalue weighted by Gasteiger charge is 2.21. The number of rotatable bonds is 3. The third-order valence-corrected chi connectivity index (χ3v) is 6.87. The van der Waals surface area contributed by atoms with Gasteiger partial charge in [0.05, 0.1) is 11.1 Å². The van der Waals surface area contributed by atoms with Crippen LogP contribution in [0.5, 0.6) is 0 Å². The van der Waals surface area contributed by atoms with Crippen molar-refractivity contribution in [2.75, 3.05) is 4.90 Å². The summed E-state index contributed by atoms with van der Waals surface area (Å²) < 4.78 is 6.36. The zero-order chi connectivity index (χ0) is 23.4. The van der Waals surface area contributed by atoms with E-state index in [-0.39, 0.29) is 0 Å². The molecule has 1 heterocycles. The second-order valence-electron chi connectivity index (χ2n) is 8.76. The Morgan fingerprint density at radius 2 is 1.23 bits per heavy atom. The van der Waals surface area contributed by atoms with E-state index in [1.807, 2.05) is 18.2 Å². The highest BCUT2D eigenvalue weighted by molar-refractivity contribution is 6.33. The molecule has 0 fully saturated rings. The number of benzene rings is 6. The molecule has 0 saturated carbocycles. The molecule has 0 aliphatic carbocycles. The number of para-hydroxylation sites is 1. The molecule has 7 aromatic rings. The van der Waals surface area contributed by atoms with E-state index in [1.54, 1.807) is 0 Å². The van der Waals surface area contributed by atoms with Gasteiger partial charge >= 0.3 is 0 Å². The van der Waals surface area contributed by atoms with E-state index in [0.717, 1.165) is 39.0 Å². The zero-order valence-corrected chi connectivity index (χ0v) is 19.5. The molecule has 6 aromatic carbocycles. The standard InChI is InChI=1S/C32H20ClNO/c33-24-19-28(32-30(20-24)35-29-17-15-22-9-6-7-13-27(22)31(29)32)34(25-11-2-1-3-12-25)26-16-14-21-8-4-5-10-23(21)18-26/h1-20H. The maximum absolute atomic E-state index is 6.70. The molecule has 0 aliphatic heterocycles. The van der Waals surface area contributed by atoms with Crippen molar-refractivity contribution in [2.45, 2.75) is 0 Å². The van der Waals surface area contributed by atoms with Crippen molar-refractivity contribution in [1.29, 1.82) is 0 Å². The third kappa shape index (κ3) is 3.26. The van der Waals surface area contributed by atoms with Crippen LogP contribution in [0.3, 0.4) is 0 Å². The van der Waals surface area contributed by atoms with E-state index in [2.05, 4.69) is 108 Å². The van der Waals surface area contributed by atoms with E-state index in [0.29, 0.717) is 5.02 Å². The summed E-state index contributed by atoms with van der Waals surface area (Å²) >= 11 is 6.70. The summed E-state index contributed by atoms with van der Waals surface area (Å²) in [5, 5.41) is 7.54. The van der Waals surface area contributed by atoms with Crippen molar-refractivity contribution in [1.82, 2.24) is 0 Å². The highest BCUT2D eigenvalue weighted by Crippen LogP contribution is 2.46. The first-order valence-electron chi connectivity index (χ1n) is 11.6. The largest absolute Gasteiger partial charge is 0.456 e. The molecule has 0 aliphatic rings. The molecule has 0 bridgehead atoms. The van der Waals surface area contributed by atoms with Gasteiger partial charge in [0.25, 0.3) is 0 Å². The quantitative estimate of drug-likeness (QED) is 0.256. The fourth-order valence-corrected chi connectivity index (χ4v) is 5.31. The summed E-state index contributed by atoms with van der Waals surface area (Å²) in [6.07, 6.45) is 0. The number of hydrogen-bond acceptors (Lipinski definition) is 2. The number of furan rings is 1. The molecule has 2 nitrogen and oxygen atoms in total. The maximum atomic E-state index is 6.70. The van der Waals surface area contributed by atoms with Gasteiger partial charge in [-0.2, -0.15) is 0 Å². The van der Waals surface area contributed by atoms with Crippen LogP contribution in [0.15, 0.2) is 126 Å². The van der Waals surface area contributed by atoms with Crippen LogP contribution in [0.25, 0.3) is 43.5 Å². The Morgan fingerprint density at radius 1 is 0.514 bits per heavy atom. The van der Waals surface area contributed by atoms with Crippen molar-refractivity contribution in [3.8, 4) is 0 Å². The number of fused-ring (bicyclic) bond motifs is 6. The van der Waals surface area contributed by atoms with E-state index < -0.39 is 0 Å². The predicted octanol–water partition coefficient (Wildman–Crippen LogP) is 10.0. The van der Waals surface area contributed by atoms with Crippen molar-refractivity contribution in [3.63, 3.8) is 0 Å². The van der Waals surface area contributed by atoms with E-state index in [4.69, 9.17) is 16.0 Å². The Balaban J connectivity index is 1.61. The van der Waals surface area contributed by atoms with Crippen molar-refractivity contribution in [2.24, 2.45) is 0 Å². The van der Waals surface area contributed by atoms with Crippen molar-refractivity contribution >= 4 is 72.1 Å². The maximum Gasteiger partial charge on any atom is 0.139 e. The van der Waals surface area contributed by atoms with Crippen LogP contribution in [-0.4, -0.2) is 0 Å². The van der Waals surface area contributed by atoms with E-state index in [1.165, 1.54) is 21.5 Å². The molecule has 0 unspecified atom stereocenters. The first kappa shape index (κ1) is 20.1.